The molecule has 7 heteroatoms. The van der Waals surface area contributed by atoms with Crippen LogP contribution in [-0.4, -0.2) is 26.7 Å². The fraction of sp³-hybridized carbons (Fsp3) is 0.316. The van der Waals surface area contributed by atoms with Gasteiger partial charge in [0.2, 0.25) is 0 Å². The first-order valence-electron chi connectivity index (χ1n) is 8.16. The molecule has 0 saturated carbocycles. The molecule has 0 amide bonds. The molecule has 2 rings (SSSR count). The highest BCUT2D eigenvalue weighted by molar-refractivity contribution is 5.79. The predicted octanol–water partition coefficient (Wildman–Crippen LogP) is 3.30. The second-order valence-electron chi connectivity index (χ2n) is 5.52. The molecule has 0 spiro atoms. The van der Waals surface area contributed by atoms with Gasteiger partial charge in [0, 0.05) is 32.8 Å². The molecule has 26 heavy (non-hydrogen) atoms. The smallest absolute Gasteiger partial charge is 0.387 e. The minimum atomic E-state index is -2.85. The Labute approximate surface area is 152 Å². The number of methoxy groups -OCH3 is 1. The zero-order chi connectivity index (χ0) is 18.8. The SMILES string of the molecule is CN=C(NCc1ccc(COC)cc1)NCc1ccccc1OC(F)F. The van der Waals surface area contributed by atoms with E-state index in [1.54, 1.807) is 32.4 Å². The summed E-state index contributed by atoms with van der Waals surface area (Å²) in [5.74, 6) is 0.719. The van der Waals surface area contributed by atoms with E-state index in [4.69, 9.17) is 4.74 Å². The minimum Gasteiger partial charge on any atom is -0.434 e. The largest absolute Gasteiger partial charge is 0.434 e. The molecule has 0 unspecified atom stereocenters. The standard InChI is InChI=1S/C19H23F2N3O2/c1-22-19(23-11-14-7-9-15(10-8-14)13-25-2)24-12-16-5-3-4-6-17(16)26-18(20)21/h3-10,18H,11-13H2,1-2H3,(H2,22,23,24). The number of rotatable bonds is 8. The lowest BCUT2D eigenvalue weighted by Crippen LogP contribution is -2.36. The van der Waals surface area contributed by atoms with Crippen LogP contribution in [0.5, 0.6) is 5.75 Å². The fourth-order valence-electron chi connectivity index (χ4n) is 2.37. The molecule has 0 aromatic heterocycles. The highest BCUT2D eigenvalue weighted by atomic mass is 19.3. The fourth-order valence-corrected chi connectivity index (χ4v) is 2.37. The number of benzene rings is 2. The summed E-state index contributed by atoms with van der Waals surface area (Å²) in [5, 5.41) is 6.28. The van der Waals surface area contributed by atoms with Gasteiger partial charge in [-0.15, -0.1) is 0 Å². The van der Waals surface area contributed by atoms with Crippen LogP contribution in [0.2, 0.25) is 0 Å². The third-order valence-corrected chi connectivity index (χ3v) is 3.65. The lowest BCUT2D eigenvalue weighted by Gasteiger charge is -2.14. The summed E-state index contributed by atoms with van der Waals surface area (Å²) >= 11 is 0. The van der Waals surface area contributed by atoms with Crippen LogP contribution in [0.25, 0.3) is 0 Å². The summed E-state index contributed by atoms with van der Waals surface area (Å²) in [6.45, 7) is -1.37. The van der Waals surface area contributed by atoms with Gasteiger partial charge in [-0.05, 0) is 17.2 Å². The first-order valence-corrected chi connectivity index (χ1v) is 8.16. The lowest BCUT2D eigenvalue weighted by molar-refractivity contribution is -0.0504. The quantitative estimate of drug-likeness (QED) is 0.558. The molecule has 0 bridgehead atoms. The van der Waals surface area contributed by atoms with Gasteiger partial charge in [-0.2, -0.15) is 8.78 Å². The first kappa shape index (κ1) is 19.7. The highest BCUT2D eigenvalue weighted by Crippen LogP contribution is 2.19. The molecule has 0 saturated heterocycles. The molecule has 2 aromatic carbocycles. The number of halogens is 2. The van der Waals surface area contributed by atoms with Crippen molar-refractivity contribution in [2.24, 2.45) is 4.99 Å². The summed E-state index contributed by atoms with van der Waals surface area (Å²) in [5.41, 5.74) is 2.82. The van der Waals surface area contributed by atoms with E-state index >= 15 is 0 Å². The number of nitrogens with one attached hydrogen (secondary N) is 2. The van der Waals surface area contributed by atoms with Crippen LogP contribution in [0.4, 0.5) is 8.78 Å². The van der Waals surface area contributed by atoms with Crippen molar-refractivity contribution in [3.8, 4) is 5.75 Å². The molecule has 140 valence electrons. The molecular formula is C19H23F2N3O2. The Morgan fingerprint density at radius 3 is 2.31 bits per heavy atom. The average molecular weight is 363 g/mol. The van der Waals surface area contributed by atoms with E-state index in [2.05, 4.69) is 20.4 Å². The summed E-state index contributed by atoms with van der Waals surface area (Å²) in [6.07, 6.45) is 0. The number of nitrogens with zero attached hydrogens (tertiary/aromatic N) is 1. The molecule has 0 aliphatic carbocycles. The molecule has 2 N–H and O–H groups in total. The van der Waals surface area contributed by atoms with Gasteiger partial charge in [0.05, 0.1) is 6.61 Å². The van der Waals surface area contributed by atoms with Crippen molar-refractivity contribution in [2.75, 3.05) is 14.2 Å². The second-order valence-corrected chi connectivity index (χ2v) is 5.52. The van der Waals surface area contributed by atoms with E-state index in [-0.39, 0.29) is 5.75 Å². The molecule has 5 nitrogen and oxygen atoms in total. The summed E-state index contributed by atoms with van der Waals surface area (Å²) in [4.78, 5) is 4.14. The zero-order valence-electron chi connectivity index (χ0n) is 14.8. The third kappa shape index (κ3) is 6.33. The second kappa shape index (κ2) is 10.4. The van der Waals surface area contributed by atoms with Gasteiger partial charge in [0.25, 0.3) is 0 Å². The molecule has 0 fully saturated rings. The third-order valence-electron chi connectivity index (χ3n) is 3.65. The first-order chi connectivity index (χ1) is 12.6. The van der Waals surface area contributed by atoms with Crippen LogP contribution in [0, 0.1) is 0 Å². The Kier molecular flexibility index (Phi) is 7.82. The number of alkyl halides is 2. The van der Waals surface area contributed by atoms with Gasteiger partial charge >= 0.3 is 6.61 Å². The molecule has 0 heterocycles. The van der Waals surface area contributed by atoms with E-state index in [0.717, 1.165) is 11.1 Å². The van der Waals surface area contributed by atoms with Crippen molar-refractivity contribution in [1.29, 1.82) is 0 Å². The van der Waals surface area contributed by atoms with Crippen LogP contribution in [-0.2, 0) is 24.4 Å². The molecular weight excluding hydrogens is 340 g/mol. The van der Waals surface area contributed by atoms with Crippen molar-refractivity contribution in [2.45, 2.75) is 26.3 Å². The van der Waals surface area contributed by atoms with Gasteiger partial charge in [-0.25, -0.2) is 0 Å². The Morgan fingerprint density at radius 2 is 1.65 bits per heavy atom. The van der Waals surface area contributed by atoms with Crippen molar-refractivity contribution in [3.63, 3.8) is 0 Å². The molecule has 2 aromatic rings. The summed E-state index contributed by atoms with van der Waals surface area (Å²) in [7, 11) is 3.31. The van der Waals surface area contributed by atoms with E-state index in [0.29, 0.717) is 31.2 Å². The summed E-state index contributed by atoms with van der Waals surface area (Å²) in [6, 6.07) is 14.7. The van der Waals surface area contributed by atoms with Crippen LogP contribution in [0.1, 0.15) is 16.7 Å². The van der Waals surface area contributed by atoms with Gasteiger partial charge < -0.3 is 20.1 Å². The number of aliphatic imine (C=N–C) groups is 1. The predicted molar refractivity (Wildman–Crippen MR) is 97.3 cm³/mol. The molecule has 0 atom stereocenters. The average Bonchev–Trinajstić information content (AvgIpc) is 2.64. The van der Waals surface area contributed by atoms with Gasteiger partial charge in [-0.3, -0.25) is 4.99 Å². The maximum Gasteiger partial charge on any atom is 0.387 e. The normalized spacial score (nSPS) is 11.5. The number of ether oxygens (including phenoxy) is 2. The van der Waals surface area contributed by atoms with Gasteiger partial charge in [0.1, 0.15) is 5.75 Å². The van der Waals surface area contributed by atoms with E-state index in [1.807, 2.05) is 24.3 Å². The monoisotopic (exact) mass is 363 g/mol. The summed E-state index contributed by atoms with van der Waals surface area (Å²) < 4.78 is 34.5. The molecule has 0 aliphatic heterocycles. The molecule has 0 aliphatic rings. The zero-order valence-corrected chi connectivity index (χ0v) is 14.8. The van der Waals surface area contributed by atoms with Crippen molar-refractivity contribution in [1.82, 2.24) is 10.6 Å². The Morgan fingerprint density at radius 1 is 1.00 bits per heavy atom. The number of hydrogen-bond acceptors (Lipinski definition) is 3. The topological polar surface area (TPSA) is 54.9 Å². The van der Waals surface area contributed by atoms with Crippen LogP contribution in [0.15, 0.2) is 53.5 Å². The Bertz CT molecular complexity index is 706. The van der Waals surface area contributed by atoms with Gasteiger partial charge in [0.15, 0.2) is 5.96 Å². The molecule has 0 radical (unpaired) electrons. The van der Waals surface area contributed by atoms with Crippen LogP contribution >= 0.6 is 0 Å². The van der Waals surface area contributed by atoms with Crippen molar-refractivity contribution >= 4 is 5.96 Å². The van der Waals surface area contributed by atoms with E-state index in [1.165, 1.54) is 6.07 Å². The highest BCUT2D eigenvalue weighted by Gasteiger charge is 2.09. The van der Waals surface area contributed by atoms with Crippen molar-refractivity contribution in [3.05, 3.63) is 65.2 Å². The van der Waals surface area contributed by atoms with E-state index < -0.39 is 6.61 Å². The van der Waals surface area contributed by atoms with Crippen LogP contribution < -0.4 is 15.4 Å². The number of hydrogen-bond donors (Lipinski definition) is 2. The lowest BCUT2D eigenvalue weighted by atomic mass is 10.1. The van der Waals surface area contributed by atoms with Crippen LogP contribution in [0.3, 0.4) is 0 Å². The maximum absolute atomic E-state index is 12.5. The Hall–Kier alpha value is -2.67. The Balaban J connectivity index is 1.88. The minimum absolute atomic E-state index is 0.152. The van der Waals surface area contributed by atoms with Crippen molar-refractivity contribution < 1.29 is 18.3 Å². The number of guanidine groups is 1. The van der Waals surface area contributed by atoms with Gasteiger partial charge in [-0.1, -0.05) is 42.5 Å². The maximum atomic E-state index is 12.5. The number of para-hydroxylation sites is 1. The van der Waals surface area contributed by atoms with E-state index in [9.17, 15) is 8.78 Å².